The van der Waals surface area contributed by atoms with E-state index in [4.69, 9.17) is 5.73 Å². The smallest absolute Gasteiger partial charge is 0.215 e. The zero-order valence-corrected chi connectivity index (χ0v) is 10.7. The van der Waals surface area contributed by atoms with E-state index >= 15 is 0 Å². The van der Waals surface area contributed by atoms with Gasteiger partial charge < -0.3 is 5.73 Å². The number of nitrogens with one attached hydrogen (secondary N) is 1. The van der Waals surface area contributed by atoms with Crippen molar-refractivity contribution in [1.82, 2.24) is 4.72 Å². The molecule has 1 aromatic carbocycles. The number of sulfonamides is 1. The van der Waals surface area contributed by atoms with Crippen molar-refractivity contribution < 1.29 is 8.42 Å². The number of hydrogen-bond acceptors (Lipinski definition) is 3. The lowest BCUT2D eigenvalue weighted by Crippen LogP contribution is -2.49. The Morgan fingerprint density at radius 3 is 2.41 bits per heavy atom. The van der Waals surface area contributed by atoms with Crippen LogP contribution in [-0.2, 0) is 15.6 Å². The lowest BCUT2D eigenvalue weighted by molar-refractivity contribution is 0.441. The predicted molar refractivity (Wildman–Crippen MR) is 67.9 cm³/mol. The van der Waals surface area contributed by atoms with E-state index in [0.29, 0.717) is 0 Å². The topological polar surface area (TPSA) is 72.2 Å². The molecule has 3 N–H and O–H groups in total. The molecular formula is C12H18N2O2S. The summed E-state index contributed by atoms with van der Waals surface area (Å²) in [5.41, 5.74) is 5.92. The van der Waals surface area contributed by atoms with Crippen LogP contribution < -0.4 is 10.5 Å². The van der Waals surface area contributed by atoms with Crippen molar-refractivity contribution in [1.29, 1.82) is 0 Å². The average Bonchev–Trinajstić information content (AvgIpc) is 3.13. The fourth-order valence-electron chi connectivity index (χ4n) is 1.80. The van der Waals surface area contributed by atoms with Crippen molar-refractivity contribution in [3.8, 4) is 0 Å². The van der Waals surface area contributed by atoms with Crippen LogP contribution in [0.5, 0.6) is 0 Å². The van der Waals surface area contributed by atoms with E-state index in [9.17, 15) is 8.42 Å². The van der Waals surface area contributed by atoms with Crippen LogP contribution in [0.1, 0.15) is 25.3 Å². The number of rotatable bonds is 5. The van der Waals surface area contributed by atoms with E-state index in [-0.39, 0.29) is 11.8 Å². The zero-order valence-electron chi connectivity index (χ0n) is 9.89. The largest absolute Gasteiger partial charge is 0.328 e. The molecule has 0 heterocycles. The highest BCUT2D eigenvalue weighted by Gasteiger charge is 2.40. The molecule has 1 atom stereocenters. The van der Waals surface area contributed by atoms with Gasteiger partial charge in [-0.15, -0.1) is 0 Å². The Balaban J connectivity index is 2.26. The van der Waals surface area contributed by atoms with Gasteiger partial charge in [0.05, 0.1) is 10.8 Å². The SMILES string of the molecule is CC(CN)(NS(=O)(=O)C1CC1)c1ccccc1. The minimum atomic E-state index is -3.24. The number of benzene rings is 1. The summed E-state index contributed by atoms with van der Waals surface area (Å²) in [4.78, 5) is 0. The Bertz CT molecular complexity index is 482. The van der Waals surface area contributed by atoms with Crippen LogP contribution in [0.25, 0.3) is 0 Å². The first kappa shape index (κ1) is 12.5. The minimum Gasteiger partial charge on any atom is -0.328 e. The van der Waals surface area contributed by atoms with Gasteiger partial charge in [-0.05, 0) is 25.3 Å². The van der Waals surface area contributed by atoms with Gasteiger partial charge in [0.1, 0.15) is 0 Å². The maximum atomic E-state index is 12.0. The molecule has 94 valence electrons. The van der Waals surface area contributed by atoms with Crippen LogP contribution in [0.15, 0.2) is 30.3 Å². The van der Waals surface area contributed by atoms with E-state index in [0.717, 1.165) is 18.4 Å². The maximum absolute atomic E-state index is 12.0. The van der Waals surface area contributed by atoms with Crippen molar-refractivity contribution >= 4 is 10.0 Å². The van der Waals surface area contributed by atoms with Gasteiger partial charge in [0.25, 0.3) is 0 Å². The van der Waals surface area contributed by atoms with Gasteiger partial charge in [0.15, 0.2) is 0 Å². The zero-order chi connectivity index (χ0) is 12.5. The van der Waals surface area contributed by atoms with Crippen LogP contribution in [0.3, 0.4) is 0 Å². The van der Waals surface area contributed by atoms with Gasteiger partial charge in [0, 0.05) is 6.54 Å². The van der Waals surface area contributed by atoms with Crippen molar-refractivity contribution in [3.05, 3.63) is 35.9 Å². The quantitative estimate of drug-likeness (QED) is 0.821. The molecule has 2 rings (SSSR count). The van der Waals surface area contributed by atoms with Crippen LogP contribution >= 0.6 is 0 Å². The van der Waals surface area contributed by atoms with Gasteiger partial charge in [-0.2, -0.15) is 0 Å². The van der Waals surface area contributed by atoms with E-state index in [2.05, 4.69) is 4.72 Å². The van der Waals surface area contributed by atoms with E-state index < -0.39 is 15.6 Å². The summed E-state index contributed by atoms with van der Waals surface area (Å²) in [5, 5.41) is -0.225. The Morgan fingerprint density at radius 1 is 1.35 bits per heavy atom. The molecule has 17 heavy (non-hydrogen) atoms. The van der Waals surface area contributed by atoms with Crippen LogP contribution in [0.4, 0.5) is 0 Å². The molecule has 1 aliphatic carbocycles. The molecule has 0 radical (unpaired) electrons. The summed E-state index contributed by atoms with van der Waals surface area (Å²) in [6.07, 6.45) is 1.51. The van der Waals surface area contributed by atoms with E-state index in [1.165, 1.54) is 0 Å². The summed E-state index contributed by atoms with van der Waals surface area (Å²) in [6, 6.07) is 9.45. The molecule has 0 aliphatic heterocycles. The third-order valence-electron chi connectivity index (χ3n) is 3.15. The Labute approximate surface area is 102 Å². The van der Waals surface area contributed by atoms with Gasteiger partial charge in [-0.3, -0.25) is 0 Å². The molecule has 0 amide bonds. The summed E-state index contributed by atoms with van der Waals surface area (Å²) < 4.78 is 26.7. The third kappa shape index (κ3) is 2.68. The highest BCUT2D eigenvalue weighted by Crippen LogP contribution is 2.30. The molecule has 0 spiro atoms. The molecular weight excluding hydrogens is 236 g/mol. The number of nitrogens with two attached hydrogens (primary N) is 1. The van der Waals surface area contributed by atoms with Gasteiger partial charge >= 0.3 is 0 Å². The summed E-state index contributed by atoms with van der Waals surface area (Å²) in [5.74, 6) is 0. The molecule has 0 aromatic heterocycles. The molecule has 1 saturated carbocycles. The lowest BCUT2D eigenvalue weighted by Gasteiger charge is -2.29. The van der Waals surface area contributed by atoms with Gasteiger partial charge in [-0.1, -0.05) is 30.3 Å². The second-order valence-electron chi connectivity index (χ2n) is 4.75. The molecule has 1 aromatic rings. The first-order chi connectivity index (χ1) is 7.98. The molecule has 0 saturated heterocycles. The average molecular weight is 254 g/mol. The van der Waals surface area contributed by atoms with Crippen molar-refractivity contribution in [2.24, 2.45) is 5.73 Å². The standard InChI is InChI=1S/C12H18N2O2S/c1-12(9-13,10-5-3-2-4-6-10)14-17(15,16)11-7-8-11/h2-6,11,14H,7-9,13H2,1H3. The summed E-state index contributed by atoms with van der Waals surface area (Å²) in [6.45, 7) is 2.06. The molecule has 1 aliphatic rings. The highest BCUT2D eigenvalue weighted by atomic mass is 32.2. The highest BCUT2D eigenvalue weighted by molar-refractivity contribution is 7.90. The van der Waals surface area contributed by atoms with Gasteiger partial charge in [0.2, 0.25) is 10.0 Å². The Morgan fingerprint density at radius 2 is 1.94 bits per heavy atom. The fraction of sp³-hybridized carbons (Fsp3) is 0.500. The Kier molecular flexibility index (Phi) is 3.25. The van der Waals surface area contributed by atoms with Crippen molar-refractivity contribution in [2.75, 3.05) is 6.54 Å². The predicted octanol–water partition coefficient (Wildman–Crippen LogP) is 0.942. The van der Waals surface area contributed by atoms with Crippen LogP contribution in [-0.4, -0.2) is 20.2 Å². The first-order valence-electron chi connectivity index (χ1n) is 5.76. The van der Waals surface area contributed by atoms with Crippen LogP contribution in [0.2, 0.25) is 0 Å². The lowest BCUT2D eigenvalue weighted by atomic mass is 9.94. The molecule has 4 nitrogen and oxygen atoms in total. The molecule has 1 fully saturated rings. The van der Waals surface area contributed by atoms with E-state index in [1.807, 2.05) is 37.3 Å². The van der Waals surface area contributed by atoms with Crippen molar-refractivity contribution in [2.45, 2.75) is 30.6 Å². The maximum Gasteiger partial charge on any atom is 0.215 e. The normalized spacial score (nSPS) is 19.9. The molecule has 1 unspecified atom stereocenters. The second kappa shape index (κ2) is 4.40. The van der Waals surface area contributed by atoms with Crippen LogP contribution in [0, 0.1) is 0 Å². The first-order valence-corrected chi connectivity index (χ1v) is 7.31. The second-order valence-corrected chi connectivity index (χ2v) is 6.71. The fourth-order valence-corrected chi connectivity index (χ4v) is 3.55. The third-order valence-corrected chi connectivity index (χ3v) is 5.23. The summed E-state index contributed by atoms with van der Waals surface area (Å²) in [7, 11) is -3.24. The Hall–Kier alpha value is -0.910. The summed E-state index contributed by atoms with van der Waals surface area (Å²) >= 11 is 0. The van der Waals surface area contributed by atoms with E-state index in [1.54, 1.807) is 0 Å². The number of hydrogen-bond donors (Lipinski definition) is 2. The van der Waals surface area contributed by atoms with Gasteiger partial charge in [-0.25, -0.2) is 13.1 Å². The molecule has 5 heteroatoms. The van der Waals surface area contributed by atoms with Crippen molar-refractivity contribution in [3.63, 3.8) is 0 Å². The minimum absolute atomic E-state index is 0.225. The monoisotopic (exact) mass is 254 g/mol. The molecule has 0 bridgehead atoms.